The van der Waals surface area contributed by atoms with Crippen molar-refractivity contribution in [3.05, 3.63) is 119 Å². The predicted octanol–water partition coefficient (Wildman–Crippen LogP) is 6.37. The minimum atomic E-state index is 0.638. The van der Waals surface area contributed by atoms with Gasteiger partial charge in [0.05, 0.1) is 11.4 Å². The van der Waals surface area contributed by atoms with Crippen LogP contribution in [0.2, 0.25) is 0 Å². The van der Waals surface area contributed by atoms with Crippen molar-refractivity contribution in [1.82, 2.24) is 0 Å². The monoisotopic (exact) mass is 366 g/mol. The smallest absolute Gasteiger partial charge is 0.0765 e. The van der Waals surface area contributed by atoms with Crippen molar-refractivity contribution in [3.8, 4) is 0 Å². The Morgan fingerprint density at radius 2 is 1.39 bits per heavy atom. The van der Waals surface area contributed by atoms with Gasteiger partial charge >= 0.3 is 0 Å². The van der Waals surface area contributed by atoms with Crippen molar-refractivity contribution in [2.24, 2.45) is 10.7 Å². The molecule has 0 amide bonds. The lowest BCUT2D eigenvalue weighted by molar-refractivity contribution is 1.28. The van der Waals surface area contributed by atoms with Crippen molar-refractivity contribution >= 4 is 17.1 Å². The van der Waals surface area contributed by atoms with Crippen LogP contribution >= 0.6 is 0 Å². The quantitative estimate of drug-likeness (QED) is 0.399. The Morgan fingerprint density at radius 1 is 0.821 bits per heavy atom. The second-order valence-electron chi connectivity index (χ2n) is 6.91. The van der Waals surface area contributed by atoms with Crippen LogP contribution in [0.5, 0.6) is 0 Å². The molecule has 2 N–H and O–H groups in total. The van der Waals surface area contributed by atoms with Crippen LogP contribution in [0.25, 0.3) is 5.70 Å². The van der Waals surface area contributed by atoms with Crippen LogP contribution < -0.4 is 5.73 Å². The van der Waals surface area contributed by atoms with Gasteiger partial charge < -0.3 is 5.73 Å². The van der Waals surface area contributed by atoms with Crippen molar-refractivity contribution in [3.63, 3.8) is 0 Å². The van der Waals surface area contributed by atoms with Gasteiger partial charge in [-0.05, 0) is 38.0 Å². The van der Waals surface area contributed by atoms with E-state index >= 15 is 0 Å². The Labute approximate surface area is 167 Å². The summed E-state index contributed by atoms with van der Waals surface area (Å²) >= 11 is 0. The van der Waals surface area contributed by atoms with Gasteiger partial charge in [0.1, 0.15) is 0 Å². The van der Waals surface area contributed by atoms with Crippen LogP contribution in [0.4, 0.5) is 5.69 Å². The molecule has 3 rings (SSSR count). The van der Waals surface area contributed by atoms with E-state index in [0.29, 0.717) is 6.42 Å². The predicted molar refractivity (Wildman–Crippen MR) is 121 cm³/mol. The molecular weight excluding hydrogens is 340 g/mol. The van der Waals surface area contributed by atoms with Gasteiger partial charge in [0, 0.05) is 16.8 Å². The maximum atomic E-state index is 6.64. The van der Waals surface area contributed by atoms with E-state index in [1.807, 2.05) is 36.4 Å². The third-order valence-electron chi connectivity index (χ3n) is 4.64. The van der Waals surface area contributed by atoms with Crippen LogP contribution in [-0.2, 0) is 0 Å². The van der Waals surface area contributed by atoms with E-state index < -0.39 is 0 Å². The molecule has 0 aliphatic heterocycles. The molecule has 3 aromatic carbocycles. The van der Waals surface area contributed by atoms with Crippen LogP contribution in [-0.4, -0.2) is 5.71 Å². The molecule has 0 spiro atoms. The fourth-order valence-electron chi connectivity index (χ4n) is 3.04. The molecule has 3 aromatic rings. The van der Waals surface area contributed by atoms with Gasteiger partial charge in [-0.2, -0.15) is 0 Å². The SMILES string of the molecule is C=CC/C(C(=Nc1ccc(C)cc1)c1ccccc1)=C(/N)c1ccc(C)cc1. The Morgan fingerprint density at radius 3 is 1.96 bits per heavy atom. The lowest BCUT2D eigenvalue weighted by atomic mass is 9.94. The molecule has 0 heterocycles. The lowest BCUT2D eigenvalue weighted by Crippen LogP contribution is -2.12. The zero-order valence-corrected chi connectivity index (χ0v) is 16.5. The van der Waals surface area contributed by atoms with Crippen molar-refractivity contribution < 1.29 is 0 Å². The second-order valence-corrected chi connectivity index (χ2v) is 6.91. The maximum Gasteiger partial charge on any atom is 0.0765 e. The number of nitrogens with two attached hydrogens (primary N) is 1. The van der Waals surface area contributed by atoms with Crippen LogP contribution in [0.1, 0.15) is 28.7 Å². The largest absolute Gasteiger partial charge is 0.398 e. The minimum absolute atomic E-state index is 0.638. The number of hydrogen-bond donors (Lipinski definition) is 1. The van der Waals surface area contributed by atoms with E-state index in [0.717, 1.165) is 33.8 Å². The number of nitrogens with zero attached hydrogens (tertiary/aromatic N) is 1. The van der Waals surface area contributed by atoms with Gasteiger partial charge in [-0.3, -0.25) is 0 Å². The molecule has 0 saturated carbocycles. The Bertz CT molecular complexity index is 993. The molecule has 0 radical (unpaired) electrons. The third-order valence-corrected chi connectivity index (χ3v) is 4.64. The molecule has 140 valence electrons. The van der Waals surface area contributed by atoms with Gasteiger partial charge in [0.2, 0.25) is 0 Å². The third kappa shape index (κ3) is 4.66. The number of aliphatic imine (C=N–C) groups is 1. The summed E-state index contributed by atoms with van der Waals surface area (Å²) in [7, 11) is 0. The van der Waals surface area contributed by atoms with Gasteiger partial charge in [-0.25, -0.2) is 4.99 Å². The molecule has 2 nitrogen and oxygen atoms in total. The highest BCUT2D eigenvalue weighted by Crippen LogP contribution is 2.25. The fraction of sp³-hybridized carbons (Fsp3) is 0.115. The summed E-state index contributed by atoms with van der Waals surface area (Å²) in [6, 6.07) is 26.7. The summed E-state index contributed by atoms with van der Waals surface area (Å²) in [5, 5.41) is 0. The van der Waals surface area contributed by atoms with Crippen molar-refractivity contribution in [2.75, 3.05) is 0 Å². The number of benzene rings is 3. The van der Waals surface area contributed by atoms with E-state index in [2.05, 4.69) is 69.0 Å². The standard InChI is InChI=1S/C26H26N2/c1-4-8-24(25(27)21-15-11-19(2)12-16-21)26(22-9-6-5-7-10-22)28-23-17-13-20(3)14-18-23/h4-7,9-18H,1,8,27H2,2-3H3/b25-24-,28-26?. The number of rotatable bonds is 6. The lowest BCUT2D eigenvalue weighted by Gasteiger charge is -2.15. The van der Waals surface area contributed by atoms with Crippen LogP contribution in [0.3, 0.4) is 0 Å². The average Bonchev–Trinajstić information content (AvgIpc) is 2.73. The summed E-state index contributed by atoms with van der Waals surface area (Å²) < 4.78 is 0. The molecule has 0 saturated heterocycles. The molecule has 0 bridgehead atoms. The summed E-state index contributed by atoms with van der Waals surface area (Å²) in [5.74, 6) is 0. The summed E-state index contributed by atoms with van der Waals surface area (Å²) in [6.07, 6.45) is 2.52. The average molecular weight is 367 g/mol. The fourth-order valence-corrected chi connectivity index (χ4v) is 3.04. The molecule has 28 heavy (non-hydrogen) atoms. The van der Waals surface area contributed by atoms with Gasteiger partial charge in [-0.15, -0.1) is 6.58 Å². The molecule has 0 atom stereocenters. The first kappa shape index (κ1) is 19.4. The van der Waals surface area contributed by atoms with Crippen LogP contribution in [0.15, 0.2) is 102 Å². The number of hydrogen-bond acceptors (Lipinski definition) is 2. The molecule has 0 fully saturated rings. The van der Waals surface area contributed by atoms with E-state index in [9.17, 15) is 0 Å². The van der Waals surface area contributed by atoms with E-state index in [1.54, 1.807) is 0 Å². The van der Waals surface area contributed by atoms with Gasteiger partial charge in [-0.1, -0.05) is 83.9 Å². The molecule has 0 aliphatic rings. The highest BCUT2D eigenvalue weighted by atomic mass is 14.8. The molecule has 0 unspecified atom stereocenters. The van der Waals surface area contributed by atoms with Crippen LogP contribution in [0, 0.1) is 13.8 Å². The second kappa shape index (κ2) is 9.01. The zero-order valence-electron chi connectivity index (χ0n) is 16.5. The summed E-state index contributed by atoms with van der Waals surface area (Å²) in [6.45, 7) is 8.09. The maximum absolute atomic E-state index is 6.64. The first-order chi connectivity index (χ1) is 13.6. The van der Waals surface area contributed by atoms with Crippen molar-refractivity contribution in [1.29, 1.82) is 0 Å². The molecule has 0 aromatic heterocycles. The van der Waals surface area contributed by atoms with E-state index in [1.165, 1.54) is 11.1 Å². The van der Waals surface area contributed by atoms with Gasteiger partial charge in [0.15, 0.2) is 0 Å². The zero-order chi connectivity index (χ0) is 19.9. The first-order valence-electron chi connectivity index (χ1n) is 9.46. The van der Waals surface area contributed by atoms with Gasteiger partial charge in [0.25, 0.3) is 0 Å². The molecule has 2 heteroatoms. The van der Waals surface area contributed by atoms with Crippen molar-refractivity contribution in [2.45, 2.75) is 20.3 Å². The highest BCUT2D eigenvalue weighted by molar-refractivity contribution is 6.17. The minimum Gasteiger partial charge on any atom is -0.398 e. The molecule has 0 aliphatic carbocycles. The van der Waals surface area contributed by atoms with E-state index in [4.69, 9.17) is 10.7 Å². The topological polar surface area (TPSA) is 38.4 Å². The van der Waals surface area contributed by atoms with E-state index in [-0.39, 0.29) is 0 Å². The Kier molecular flexibility index (Phi) is 6.23. The highest BCUT2D eigenvalue weighted by Gasteiger charge is 2.14. The molecular formula is C26H26N2. The normalized spacial score (nSPS) is 12.4. The Hall–Kier alpha value is -3.39. The summed E-state index contributed by atoms with van der Waals surface area (Å²) in [5.41, 5.74) is 14.6. The Balaban J connectivity index is 2.20. The number of allylic oxidation sites excluding steroid dienone is 2. The summed E-state index contributed by atoms with van der Waals surface area (Å²) in [4.78, 5) is 4.98. The first-order valence-corrected chi connectivity index (χ1v) is 9.46. The number of aryl methyl sites for hydroxylation is 2.